The number of benzene rings is 2. The lowest BCUT2D eigenvalue weighted by Crippen LogP contribution is -2.35. The molecule has 0 fully saturated rings. The largest absolute Gasteiger partial charge is 0.349 e. The van der Waals surface area contributed by atoms with Gasteiger partial charge in [-0.05, 0) is 49.4 Å². The summed E-state index contributed by atoms with van der Waals surface area (Å²) in [7, 11) is 0. The van der Waals surface area contributed by atoms with E-state index < -0.39 is 0 Å². The predicted molar refractivity (Wildman–Crippen MR) is 81.0 cm³/mol. The molecule has 1 N–H and O–H groups in total. The van der Waals surface area contributed by atoms with Gasteiger partial charge in [-0.1, -0.05) is 42.0 Å². The van der Waals surface area contributed by atoms with Crippen molar-refractivity contribution < 1.29 is 4.79 Å². The minimum Gasteiger partial charge on any atom is -0.349 e. The number of nitrogens with one attached hydrogen (secondary N) is 1. The third kappa shape index (κ3) is 2.46. The summed E-state index contributed by atoms with van der Waals surface area (Å²) in [5.41, 5.74) is 5.73. The van der Waals surface area contributed by atoms with Crippen molar-refractivity contribution in [3.05, 3.63) is 70.3 Å². The first-order chi connectivity index (χ1) is 9.63. The van der Waals surface area contributed by atoms with Crippen LogP contribution in [0.25, 0.3) is 0 Å². The number of hydrogen-bond acceptors (Lipinski definition) is 1. The van der Waals surface area contributed by atoms with E-state index in [2.05, 4.69) is 35.6 Å². The summed E-state index contributed by atoms with van der Waals surface area (Å²) in [6, 6.07) is 14.6. The number of carbonyl (C=O) groups excluding carboxylic acids is 1. The van der Waals surface area contributed by atoms with E-state index >= 15 is 0 Å². The molecule has 2 aromatic carbocycles. The van der Waals surface area contributed by atoms with Crippen molar-refractivity contribution in [1.82, 2.24) is 5.32 Å². The van der Waals surface area contributed by atoms with Gasteiger partial charge in [-0.2, -0.15) is 0 Å². The molecule has 1 aliphatic rings. The molecule has 2 heteroatoms. The lowest BCUT2D eigenvalue weighted by Gasteiger charge is -2.13. The van der Waals surface area contributed by atoms with Gasteiger partial charge in [-0.3, -0.25) is 4.79 Å². The predicted octanol–water partition coefficient (Wildman–Crippen LogP) is 3.20. The Kier molecular flexibility index (Phi) is 3.31. The molecule has 2 nitrogen and oxygen atoms in total. The molecule has 0 saturated heterocycles. The fourth-order valence-corrected chi connectivity index (χ4v) is 2.99. The monoisotopic (exact) mass is 265 g/mol. The molecule has 0 spiro atoms. The molecule has 0 atom stereocenters. The van der Waals surface area contributed by atoms with E-state index in [-0.39, 0.29) is 11.9 Å². The average molecular weight is 265 g/mol. The van der Waals surface area contributed by atoms with Crippen LogP contribution in [-0.2, 0) is 12.8 Å². The van der Waals surface area contributed by atoms with Gasteiger partial charge in [0, 0.05) is 11.6 Å². The van der Waals surface area contributed by atoms with E-state index in [0.717, 1.165) is 24.0 Å². The number of amides is 1. The maximum Gasteiger partial charge on any atom is 0.251 e. The summed E-state index contributed by atoms with van der Waals surface area (Å²) < 4.78 is 0. The molecule has 0 bridgehead atoms. The Morgan fingerprint density at radius 2 is 1.70 bits per heavy atom. The molecule has 3 rings (SSSR count). The van der Waals surface area contributed by atoms with Gasteiger partial charge in [0.05, 0.1) is 0 Å². The van der Waals surface area contributed by atoms with Gasteiger partial charge in [0.2, 0.25) is 0 Å². The second-order valence-electron chi connectivity index (χ2n) is 5.67. The normalized spacial score (nSPS) is 14.1. The zero-order chi connectivity index (χ0) is 14.1. The van der Waals surface area contributed by atoms with Crippen molar-refractivity contribution >= 4 is 5.91 Å². The third-order valence-corrected chi connectivity index (χ3v) is 4.01. The van der Waals surface area contributed by atoms with Crippen molar-refractivity contribution in [2.45, 2.75) is 32.7 Å². The highest BCUT2D eigenvalue weighted by Gasteiger charge is 2.23. The molecule has 2 aromatic rings. The number of fused-ring (bicyclic) bond motifs is 1. The summed E-state index contributed by atoms with van der Waals surface area (Å²) in [4.78, 5) is 12.4. The van der Waals surface area contributed by atoms with Gasteiger partial charge in [0.15, 0.2) is 0 Å². The highest BCUT2D eigenvalue weighted by molar-refractivity contribution is 5.96. The summed E-state index contributed by atoms with van der Waals surface area (Å²) in [5, 5.41) is 3.16. The van der Waals surface area contributed by atoms with Crippen molar-refractivity contribution in [3.8, 4) is 0 Å². The Hall–Kier alpha value is -2.09. The van der Waals surface area contributed by atoms with Crippen LogP contribution in [0.5, 0.6) is 0 Å². The lowest BCUT2D eigenvalue weighted by atomic mass is 10.0. The maximum absolute atomic E-state index is 12.4. The molecular formula is C18H19NO. The van der Waals surface area contributed by atoms with E-state index in [0.29, 0.717) is 0 Å². The van der Waals surface area contributed by atoms with Crippen LogP contribution >= 0.6 is 0 Å². The van der Waals surface area contributed by atoms with Crippen molar-refractivity contribution in [2.75, 3.05) is 0 Å². The maximum atomic E-state index is 12.4. The smallest absolute Gasteiger partial charge is 0.251 e. The molecule has 20 heavy (non-hydrogen) atoms. The van der Waals surface area contributed by atoms with Crippen LogP contribution in [0.15, 0.2) is 42.5 Å². The van der Waals surface area contributed by atoms with E-state index in [1.165, 1.54) is 16.7 Å². The van der Waals surface area contributed by atoms with Crippen LogP contribution < -0.4 is 5.32 Å². The van der Waals surface area contributed by atoms with Gasteiger partial charge in [0.1, 0.15) is 0 Å². The molecule has 0 radical (unpaired) electrons. The molecule has 102 valence electrons. The Labute approximate surface area is 119 Å². The topological polar surface area (TPSA) is 29.1 Å². The molecule has 0 aliphatic heterocycles. The first-order valence-corrected chi connectivity index (χ1v) is 7.08. The first-order valence-electron chi connectivity index (χ1n) is 7.08. The van der Waals surface area contributed by atoms with Crippen LogP contribution in [0.4, 0.5) is 0 Å². The molecule has 0 saturated carbocycles. The highest BCUT2D eigenvalue weighted by Crippen LogP contribution is 2.22. The summed E-state index contributed by atoms with van der Waals surface area (Å²) in [5.74, 6) is 0.0420. The fourth-order valence-electron chi connectivity index (χ4n) is 2.99. The molecule has 0 aromatic heterocycles. The minimum atomic E-state index is 0.0420. The number of carbonyl (C=O) groups is 1. The Morgan fingerprint density at radius 3 is 2.30 bits per heavy atom. The Morgan fingerprint density at radius 1 is 1.05 bits per heavy atom. The van der Waals surface area contributed by atoms with Crippen LogP contribution in [0, 0.1) is 13.8 Å². The van der Waals surface area contributed by atoms with Crippen LogP contribution in [0.3, 0.4) is 0 Å². The van der Waals surface area contributed by atoms with E-state index in [9.17, 15) is 4.79 Å². The van der Waals surface area contributed by atoms with Crippen molar-refractivity contribution in [3.63, 3.8) is 0 Å². The van der Waals surface area contributed by atoms with Gasteiger partial charge >= 0.3 is 0 Å². The first kappa shape index (κ1) is 12.9. The second-order valence-corrected chi connectivity index (χ2v) is 5.67. The number of hydrogen-bond donors (Lipinski definition) is 1. The lowest BCUT2D eigenvalue weighted by molar-refractivity contribution is 0.0938. The van der Waals surface area contributed by atoms with E-state index in [4.69, 9.17) is 0 Å². The van der Waals surface area contributed by atoms with E-state index in [1.807, 2.05) is 26.0 Å². The number of aryl methyl sites for hydroxylation is 2. The summed E-state index contributed by atoms with van der Waals surface area (Å²) in [6.45, 7) is 4.04. The van der Waals surface area contributed by atoms with Gasteiger partial charge in [0.25, 0.3) is 5.91 Å². The standard InChI is InChI=1S/C18H19NO/c1-12-7-8-17(13(2)9-12)18(20)19-16-10-14-5-3-4-6-15(14)11-16/h3-9,16H,10-11H2,1-2H3,(H,19,20). The highest BCUT2D eigenvalue weighted by atomic mass is 16.1. The zero-order valence-electron chi connectivity index (χ0n) is 11.9. The van der Waals surface area contributed by atoms with Crippen molar-refractivity contribution in [2.24, 2.45) is 0 Å². The third-order valence-electron chi connectivity index (χ3n) is 4.01. The summed E-state index contributed by atoms with van der Waals surface area (Å²) in [6.07, 6.45) is 1.87. The zero-order valence-corrected chi connectivity index (χ0v) is 11.9. The van der Waals surface area contributed by atoms with Crippen LogP contribution in [0.2, 0.25) is 0 Å². The average Bonchev–Trinajstić information content (AvgIpc) is 2.80. The van der Waals surface area contributed by atoms with Crippen LogP contribution in [0.1, 0.15) is 32.6 Å². The molecule has 0 unspecified atom stereocenters. The molecular weight excluding hydrogens is 246 g/mol. The van der Waals surface area contributed by atoms with Crippen molar-refractivity contribution in [1.29, 1.82) is 0 Å². The Bertz CT molecular complexity index is 635. The van der Waals surface area contributed by atoms with E-state index in [1.54, 1.807) is 0 Å². The van der Waals surface area contributed by atoms with Crippen LogP contribution in [-0.4, -0.2) is 11.9 Å². The quantitative estimate of drug-likeness (QED) is 0.887. The summed E-state index contributed by atoms with van der Waals surface area (Å²) >= 11 is 0. The van der Waals surface area contributed by atoms with Gasteiger partial charge in [-0.15, -0.1) is 0 Å². The number of rotatable bonds is 2. The molecule has 1 aliphatic carbocycles. The van der Waals surface area contributed by atoms with Gasteiger partial charge in [-0.25, -0.2) is 0 Å². The Balaban J connectivity index is 1.72. The van der Waals surface area contributed by atoms with Gasteiger partial charge < -0.3 is 5.32 Å². The molecule has 1 amide bonds. The molecule has 0 heterocycles. The fraction of sp³-hybridized carbons (Fsp3) is 0.278. The minimum absolute atomic E-state index is 0.0420. The SMILES string of the molecule is Cc1ccc(C(=O)NC2Cc3ccccc3C2)c(C)c1. The second kappa shape index (κ2) is 5.12.